The van der Waals surface area contributed by atoms with Crippen molar-refractivity contribution in [1.82, 2.24) is 5.32 Å². The molecule has 4 heteroatoms. The third kappa shape index (κ3) is 6.41. The molecule has 4 nitrogen and oxygen atoms in total. The lowest BCUT2D eigenvalue weighted by Crippen LogP contribution is -2.24. The number of amides is 1. The molecule has 0 aromatic heterocycles. The van der Waals surface area contributed by atoms with Crippen molar-refractivity contribution in [2.45, 2.75) is 44.9 Å². The average Bonchev–Trinajstić information content (AvgIpc) is 2.58. The summed E-state index contributed by atoms with van der Waals surface area (Å²) in [6.07, 6.45) is 4.95. The number of nitrogens with one attached hydrogen (secondary N) is 1. The second kappa shape index (κ2) is 9.71. The van der Waals surface area contributed by atoms with E-state index in [9.17, 15) is 9.59 Å². The molecule has 2 aromatic rings. The van der Waals surface area contributed by atoms with Crippen molar-refractivity contribution in [2.75, 3.05) is 6.54 Å². The summed E-state index contributed by atoms with van der Waals surface area (Å²) in [5.41, 5.74) is 1.18. The van der Waals surface area contributed by atoms with Crippen LogP contribution in [0.4, 0.5) is 0 Å². The molecule has 1 amide bonds. The van der Waals surface area contributed by atoms with Crippen LogP contribution in [0.15, 0.2) is 42.5 Å². The zero-order valence-corrected chi connectivity index (χ0v) is 14.0. The number of carboxylic acids is 1. The Hall–Kier alpha value is -2.36. The lowest BCUT2D eigenvalue weighted by atomic mass is 10.0. The fourth-order valence-corrected chi connectivity index (χ4v) is 2.72. The molecule has 0 unspecified atom stereocenters. The number of aryl methyl sites for hydroxylation is 1. The summed E-state index contributed by atoms with van der Waals surface area (Å²) >= 11 is 0. The highest BCUT2D eigenvalue weighted by Gasteiger charge is 2.03. The zero-order chi connectivity index (χ0) is 17.2. The first-order chi connectivity index (χ1) is 11.6. The average molecular weight is 327 g/mol. The summed E-state index contributed by atoms with van der Waals surface area (Å²) in [6, 6.07) is 14.5. The molecular weight excluding hydrogens is 302 g/mol. The van der Waals surface area contributed by atoms with Gasteiger partial charge in [0.05, 0.1) is 0 Å². The van der Waals surface area contributed by atoms with E-state index in [-0.39, 0.29) is 12.3 Å². The van der Waals surface area contributed by atoms with Gasteiger partial charge in [0, 0.05) is 19.4 Å². The molecule has 0 atom stereocenters. The number of carbonyl (C=O) groups excluding carboxylic acids is 1. The van der Waals surface area contributed by atoms with E-state index in [0.29, 0.717) is 19.4 Å². The maximum absolute atomic E-state index is 11.9. The van der Waals surface area contributed by atoms with Crippen molar-refractivity contribution in [3.8, 4) is 0 Å². The Kier molecular flexibility index (Phi) is 7.27. The largest absolute Gasteiger partial charge is 0.481 e. The number of fused-ring (bicyclic) bond motifs is 1. The normalized spacial score (nSPS) is 10.7. The van der Waals surface area contributed by atoms with E-state index in [1.807, 2.05) is 12.1 Å². The quantitative estimate of drug-likeness (QED) is 0.650. The molecule has 0 fully saturated rings. The highest BCUT2D eigenvalue weighted by atomic mass is 16.4. The van der Waals surface area contributed by atoms with Crippen LogP contribution in [0.3, 0.4) is 0 Å². The molecule has 0 aliphatic rings. The van der Waals surface area contributed by atoms with Crippen molar-refractivity contribution in [1.29, 1.82) is 0 Å². The van der Waals surface area contributed by atoms with E-state index in [1.165, 1.54) is 16.3 Å². The summed E-state index contributed by atoms with van der Waals surface area (Å²) in [4.78, 5) is 22.3. The summed E-state index contributed by atoms with van der Waals surface area (Å²) in [7, 11) is 0. The van der Waals surface area contributed by atoms with Gasteiger partial charge < -0.3 is 10.4 Å². The van der Waals surface area contributed by atoms with Crippen molar-refractivity contribution < 1.29 is 14.7 Å². The van der Waals surface area contributed by atoms with Gasteiger partial charge in [0.1, 0.15) is 0 Å². The smallest absolute Gasteiger partial charge is 0.303 e. The Balaban J connectivity index is 1.61. The van der Waals surface area contributed by atoms with Crippen molar-refractivity contribution in [2.24, 2.45) is 0 Å². The first-order valence-corrected chi connectivity index (χ1v) is 8.61. The van der Waals surface area contributed by atoms with Gasteiger partial charge >= 0.3 is 5.97 Å². The minimum atomic E-state index is -0.739. The third-order valence-corrected chi connectivity index (χ3v) is 4.09. The highest BCUT2D eigenvalue weighted by molar-refractivity contribution is 5.83. The van der Waals surface area contributed by atoms with Gasteiger partial charge in [-0.1, -0.05) is 55.3 Å². The summed E-state index contributed by atoms with van der Waals surface area (Å²) < 4.78 is 0. The van der Waals surface area contributed by atoms with Gasteiger partial charge in [-0.05, 0) is 35.6 Å². The minimum absolute atomic E-state index is 0.0775. The van der Waals surface area contributed by atoms with Crippen LogP contribution in [0.1, 0.15) is 44.1 Å². The Bertz CT molecular complexity index is 681. The Morgan fingerprint density at radius 2 is 1.62 bits per heavy atom. The number of aliphatic carboxylic acids is 1. The number of benzene rings is 2. The van der Waals surface area contributed by atoms with Gasteiger partial charge in [-0.25, -0.2) is 0 Å². The SMILES string of the molecule is O=C(O)CCCCCCNC(=O)CCc1ccc2ccccc2c1. The summed E-state index contributed by atoms with van der Waals surface area (Å²) in [5, 5.41) is 13.9. The monoisotopic (exact) mass is 327 g/mol. The van der Waals surface area contributed by atoms with Gasteiger partial charge in [-0.15, -0.1) is 0 Å². The molecule has 0 aliphatic heterocycles. The fraction of sp³-hybridized carbons (Fsp3) is 0.400. The number of rotatable bonds is 10. The number of unbranched alkanes of at least 4 members (excludes halogenated alkanes) is 3. The predicted molar refractivity (Wildman–Crippen MR) is 96.0 cm³/mol. The minimum Gasteiger partial charge on any atom is -0.481 e. The molecule has 0 aliphatic carbocycles. The highest BCUT2D eigenvalue weighted by Crippen LogP contribution is 2.16. The molecular formula is C20H25NO3. The Labute approximate surface area is 142 Å². The zero-order valence-electron chi connectivity index (χ0n) is 14.0. The van der Waals surface area contributed by atoms with Gasteiger partial charge in [0.15, 0.2) is 0 Å². The number of carbonyl (C=O) groups is 2. The number of hydrogen-bond acceptors (Lipinski definition) is 2. The van der Waals surface area contributed by atoms with E-state index >= 15 is 0 Å². The third-order valence-electron chi connectivity index (χ3n) is 4.09. The van der Waals surface area contributed by atoms with Gasteiger partial charge in [0.25, 0.3) is 0 Å². The van der Waals surface area contributed by atoms with E-state index in [2.05, 4.69) is 35.6 Å². The number of hydrogen-bond donors (Lipinski definition) is 2. The predicted octanol–water partition coefficient (Wildman–Crippen LogP) is 3.92. The second-order valence-corrected chi connectivity index (χ2v) is 6.09. The Morgan fingerprint density at radius 3 is 2.42 bits per heavy atom. The van der Waals surface area contributed by atoms with E-state index < -0.39 is 5.97 Å². The van der Waals surface area contributed by atoms with Crippen molar-refractivity contribution >= 4 is 22.6 Å². The maximum Gasteiger partial charge on any atom is 0.303 e. The van der Waals surface area contributed by atoms with E-state index in [1.54, 1.807) is 0 Å². The standard InChI is InChI=1S/C20H25NO3/c22-19(21-14-6-2-1-3-9-20(23)24)13-11-16-10-12-17-7-4-5-8-18(17)15-16/h4-5,7-8,10,12,15H,1-3,6,9,11,13-14H2,(H,21,22)(H,23,24). The fourth-order valence-electron chi connectivity index (χ4n) is 2.72. The van der Waals surface area contributed by atoms with Crippen LogP contribution in [-0.4, -0.2) is 23.5 Å². The summed E-state index contributed by atoms with van der Waals surface area (Å²) in [6.45, 7) is 0.670. The van der Waals surface area contributed by atoms with Crippen LogP contribution in [0.25, 0.3) is 10.8 Å². The van der Waals surface area contributed by atoms with Gasteiger partial charge in [0.2, 0.25) is 5.91 Å². The summed E-state index contributed by atoms with van der Waals surface area (Å²) in [5.74, 6) is -0.661. The van der Waals surface area contributed by atoms with E-state index in [4.69, 9.17) is 5.11 Å². The molecule has 2 aromatic carbocycles. The molecule has 0 heterocycles. The van der Waals surface area contributed by atoms with Gasteiger partial charge in [-0.2, -0.15) is 0 Å². The second-order valence-electron chi connectivity index (χ2n) is 6.09. The number of carboxylic acid groups (broad SMARTS) is 1. The first-order valence-electron chi connectivity index (χ1n) is 8.61. The van der Waals surface area contributed by atoms with Crippen LogP contribution in [-0.2, 0) is 16.0 Å². The van der Waals surface area contributed by atoms with Crippen LogP contribution in [0.2, 0.25) is 0 Å². The molecule has 128 valence electrons. The van der Waals surface area contributed by atoms with Crippen LogP contribution >= 0.6 is 0 Å². The first kappa shape index (κ1) is 18.0. The topological polar surface area (TPSA) is 66.4 Å². The molecule has 0 radical (unpaired) electrons. The lowest BCUT2D eigenvalue weighted by molar-refractivity contribution is -0.137. The van der Waals surface area contributed by atoms with Crippen molar-refractivity contribution in [3.05, 3.63) is 48.0 Å². The van der Waals surface area contributed by atoms with Crippen LogP contribution in [0.5, 0.6) is 0 Å². The van der Waals surface area contributed by atoms with Crippen LogP contribution < -0.4 is 5.32 Å². The molecule has 0 saturated carbocycles. The molecule has 2 N–H and O–H groups in total. The molecule has 0 spiro atoms. The van der Waals surface area contributed by atoms with Crippen molar-refractivity contribution in [3.63, 3.8) is 0 Å². The Morgan fingerprint density at radius 1 is 0.875 bits per heavy atom. The van der Waals surface area contributed by atoms with Crippen LogP contribution in [0, 0.1) is 0 Å². The lowest BCUT2D eigenvalue weighted by Gasteiger charge is -2.06. The molecule has 24 heavy (non-hydrogen) atoms. The molecule has 0 saturated heterocycles. The molecule has 0 bridgehead atoms. The molecule has 2 rings (SSSR count). The maximum atomic E-state index is 11.9. The van der Waals surface area contributed by atoms with Gasteiger partial charge in [-0.3, -0.25) is 9.59 Å². The van der Waals surface area contributed by atoms with E-state index in [0.717, 1.165) is 25.7 Å².